The van der Waals surface area contributed by atoms with Crippen LogP contribution in [0.3, 0.4) is 0 Å². The molecule has 0 unspecified atom stereocenters. The molecule has 1 heterocycles. The fourth-order valence-corrected chi connectivity index (χ4v) is 2.68. The van der Waals surface area contributed by atoms with Crippen LogP contribution in [0.4, 0.5) is 0 Å². The van der Waals surface area contributed by atoms with E-state index in [1.807, 2.05) is 0 Å². The van der Waals surface area contributed by atoms with Crippen LogP contribution in [0.2, 0.25) is 0 Å². The Hall–Kier alpha value is -0.570. The molecular weight excluding hydrogens is 178 g/mol. The first-order valence-corrected chi connectivity index (χ1v) is 5.67. The number of nitrogens with zero attached hydrogens (tertiary/aromatic N) is 1. The second-order valence-electron chi connectivity index (χ2n) is 4.73. The van der Waals surface area contributed by atoms with Crippen molar-refractivity contribution in [3.63, 3.8) is 0 Å². The van der Waals surface area contributed by atoms with Crippen LogP contribution in [0.25, 0.3) is 0 Å². The maximum absolute atomic E-state index is 10.8. The molecule has 0 bridgehead atoms. The number of hydrogen-bond acceptors (Lipinski definition) is 2. The second-order valence-corrected chi connectivity index (χ2v) is 4.73. The number of carbonyl (C=O) groups is 1. The van der Waals surface area contributed by atoms with Crippen LogP contribution in [0.15, 0.2) is 0 Å². The van der Waals surface area contributed by atoms with Gasteiger partial charge >= 0.3 is 5.97 Å². The lowest BCUT2D eigenvalue weighted by Crippen LogP contribution is -2.51. The third-order valence-corrected chi connectivity index (χ3v) is 3.83. The quantitative estimate of drug-likeness (QED) is 0.746. The van der Waals surface area contributed by atoms with Crippen molar-refractivity contribution in [1.82, 2.24) is 4.90 Å². The average Bonchev–Trinajstić information content (AvgIpc) is 2.51. The Morgan fingerprint density at radius 1 is 1.43 bits per heavy atom. The van der Waals surface area contributed by atoms with Crippen molar-refractivity contribution in [1.29, 1.82) is 0 Å². The Morgan fingerprint density at radius 2 is 2.14 bits per heavy atom. The third kappa shape index (κ3) is 1.78. The first-order chi connectivity index (χ1) is 6.70. The highest BCUT2D eigenvalue weighted by molar-refractivity contribution is 5.70. The van der Waals surface area contributed by atoms with Gasteiger partial charge in [0, 0.05) is 19.1 Å². The van der Waals surface area contributed by atoms with E-state index in [0.717, 1.165) is 25.2 Å². The molecular formula is C11H19NO2. The SMILES string of the molecule is CCC1CN([C@H]2CC[C@@H](C(=O)O)C2)C1. The maximum atomic E-state index is 10.8. The zero-order valence-corrected chi connectivity index (χ0v) is 8.78. The minimum absolute atomic E-state index is 0.0688. The summed E-state index contributed by atoms with van der Waals surface area (Å²) in [7, 11) is 0. The third-order valence-electron chi connectivity index (χ3n) is 3.83. The minimum Gasteiger partial charge on any atom is -0.481 e. The molecule has 0 aromatic carbocycles. The zero-order chi connectivity index (χ0) is 10.1. The van der Waals surface area contributed by atoms with Gasteiger partial charge < -0.3 is 5.11 Å². The lowest BCUT2D eigenvalue weighted by Gasteiger charge is -2.43. The molecule has 1 saturated heterocycles. The van der Waals surface area contributed by atoms with E-state index >= 15 is 0 Å². The largest absolute Gasteiger partial charge is 0.481 e. The van der Waals surface area contributed by atoms with Gasteiger partial charge in [-0.25, -0.2) is 0 Å². The van der Waals surface area contributed by atoms with E-state index in [0.29, 0.717) is 6.04 Å². The number of rotatable bonds is 3. The molecule has 3 nitrogen and oxygen atoms in total. The molecule has 3 heteroatoms. The summed E-state index contributed by atoms with van der Waals surface area (Å²) in [5.74, 6) is 0.208. The molecule has 1 saturated carbocycles. The lowest BCUT2D eigenvalue weighted by atomic mass is 9.94. The fourth-order valence-electron chi connectivity index (χ4n) is 2.68. The van der Waals surface area contributed by atoms with Crippen molar-refractivity contribution >= 4 is 5.97 Å². The molecule has 1 N–H and O–H groups in total. The summed E-state index contributed by atoms with van der Waals surface area (Å²) < 4.78 is 0. The summed E-state index contributed by atoms with van der Waals surface area (Å²) in [4.78, 5) is 13.2. The molecule has 80 valence electrons. The van der Waals surface area contributed by atoms with Crippen LogP contribution in [0, 0.1) is 11.8 Å². The highest BCUT2D eigenvalue weighted by atomic mass is 16.4. The van der Waals surface area contributed by atoms with Gasteiger partial charge in [0.05, 0.1) is 5.92 Å². The monoisotopic (exact) mass is 197 g/mol. The first-order valence-electron chi connectivity index (χ1n) is 5.67. The highest BCUT2D eigenvalue weighted by Gasteiger charge is 2.37. The number of aliphatic carboxylic acids is 1. The highest BCUT2D eigenvalue weighted by Crippen LogP contribution is 2.33. The van der Waals surface area contributed by atoms with Crippen LogP contribution in [-0.2, 0) is 4.79 Å². The van der Waals surface area contributed by atoms with E-state index in [9.17, 15) is 4.79 Å². The normalized spacial score (nSPS) is 34.4. The number of likely N-dealkylation sites (tertiary alicyclic amines) is 1. The van der Waals surface area contributed by atoms with E-state index in [2.05, 4.69) is 11.8 Å². The van der Waals surface area contributed by atoms with Gasteiger partial charge in [0.25, 0.3) is 0 Å². The molecule has 14 heavy (non-hydrogen) atoms. The Bertz CT molecular complexity index is 223. The van der Waals surface area contributed by atoms with Crippen LogP contribution in [0.5, 0.6) is 0 Å². The van der Waals surface area contributed by atoms with Gasteiger partial charge in [-0.3, -0.25) is 9.69 Å². The van der Waals surface area contributed by atoms with Crippen molar-refractivity contribution < 1.29 is 9.90 Å². The standard InChI is InChI=1S/C11H19NO2/c1-2-8-6-12(7-8)10-4-3-9(5-10)11(13)14/h8-10H,2-7H2,1H3,(H,13,14)/t9-,10+/m1/s1. The topological polar surface area (TPSA) is 40.5 Å². The number of carboxylic acid groups (broad SMARTS) is 1. The summed E-state index contributed by atoms with van der Waals surface area (Å²) in [6.45, 7) is 4.64. The fraction of sp³-hybridized carbons (Fsp3) is 0.909. The van der Waals surface area contributed by atoms with Crippen LogP contribution in [-0.4, -0.2) is 35.1 Å². The van der Waals surface area contributed by atoms with Crippen molar-refractivity contribution in [3.8, 4) is 0 Å². The summed E-state index contributed by atoms with van der Waals surface area (Å²) >= 11 is 0. The number of carboxylic acids is 1. The average molecular weight is 197 g/mol. The maximum Gasteiger partial charge on any atom is 0.306 e. The Morgan fingerprint density at radius 3 is 2.64 bits per heavy atom. The van der Waals surface area contributed by atoms with Crippen molar-refractivity contribution in [2.24, 2.45) is 11.8 Å². The molecule has 1 aliphatic heterocycles. The zero-order valence-electron chi connectivity index (χ0n) is 8.78. The predicted octanol–water partition coefficient (Wildman–Crippen LogP) is 1.58. The summed E-state index contributed by atoms with van der Waals surface area (Å²) in [5, 5.41) is 8.88. The van der Waals surface area contributed by atoms with Gasteiger partial charge in [-0.05, 0) is 25.2 Å². The summed E-state index contributed by atoms with van der Waals surface area (Å²) in [5.41, 5.74) is 0. The molecule has 1 aliphatic carbocycles. The Kier molecular flexibility index (Phi) is 2.77. The molecule has 0 aromatic heterocycles. The van der Waals surface area contributed by atoms with Crippen molar-refractivity contribution in [3.05, 3.63) is 0 Å². The molecule has 0 amide bonds. The number of hydrogen-bond donors (Lipinski definition) is 1. The van der Waals surface area contributed by atoms with Crippen molar-refractivity contribution in [2.75, 3.05) is 13.1 Å². The van der Waals surface area contributed by atoms with Crippen LogP contribution < -0.4 is 0 Å². The van der Waals surface area contributed by atoms with E-state index in [4.69, 9.17) is 5.11 Å². The Balaban J connectivity index is 1.77. The van der Waals surface area contributed by atoms with Crippen LogP contribution in [0.1, 0.15) is 32.6 Å². The molecule has 2 fully saturated rings. The van der Waals surface area contributed by atoms with E-state index in [1.54, 1.807) is 0 Å². The molecule has 2 aliphatic rings. The van der Waals surface area contributed by atoms with Gasteiger partial charge in [-0.15, -0.1) is 0 Å². The minimum atomic E-state index is -0.597. The van der Waals surface area contributed by atoms with Gasteiger partial charge in [-0.1, -0.05) is 13.3 Å². The lowest BCUT2D eigenvalue weighted by molar-refractivity contribution is -0.141. The summed E-state index contributed by atoms with van der Waals surface area (Å²) in [6.07, 6.45) is 4.12. The molecule has 0 spiro atoms. The van der Waals surface area contributed by atoms with E-state index < -0.39 is 5.97 Å². The van der Waals surface area contributed by atoms with E-state index in [1.165, 1.54) is 19.5 Å². The predicted molar refractivity (Wildman–Crippen MR) is 54.1 cm³/mol. The van der Waals surface area contributed by atoms with Crippen LogP contribution >= 0.6 is 0 Å². The van der Waals surface area contributed by atoms with Gasteiger partial charge in [0.2, 0.25) is 0 Å². The molecule has 2 atom stereocenters. The molecule has 2 rings (SSSR count). The molecule has 0 aromatic rings. The van der Waals surface area contributed by atoms with Gasteiger partial charge in [-0.2, -0.15) is 0 Å². The Labute approximate surface area is 85.1 Å². The molecule has 0 radical (unpaired) electrons. The van der Waals surface area contributed by atoms with Crippen molar-refractivity contribution in [2.45, 2.75) is 38.6 Å². The summed E-state index contributed by atoms with van der Waals surface area (Å²) in [6, 6.07) is 0.568. The smallest absolute Gasteiger partial charge is 0.306 e. The van der Waals surface area contributed by atoms with Gasteiger partial charge in [0.15, 0.2) is 0 Å². The van der Waals surface area contributed by atoms with E-state index in [-0.39, 0.29) is 5.92 Å². The second kappa shape index (κ2) is 3.89. The van der Waals surface area contributed by atoms with Gasteiger partial charge in [0.1, 0.15) is 0 Å². The first kappa shape index (κ1) is 9.97.